The number of hydrogen-bond donors (Lipinski definition) is 0. The largest absolute Gasteiger partial charge is 0.310 e. The van der Waals surface area contributed by atoms with Gasteiger partial charge in [-0.25, -0.2) is 0 Å². The quantitative estimate of drug-likeness (QED) is 0.171. The molecule has 0 saturated heterocycles. The summed E-state index contributed by atoms with van der Waals surface area (Å²) in [5.74, 6) is 0. The third kappa shape index (κ3) is 4.85. The zero-order valence-corrected chi connectivity index (χ0v) is 37.9. The predicted octanol–water partition coefficient (Wildman–Crippen LogP) is 16.4. The Kier molecular flexibility index (Phi) is 7.79. The summed E-state index contributed by atoms with van der Waals surface area (Å²) in [6, 6.07) is 56.1. The molecule has 1 heteroatoms. The third-order valence-electron chi connectivity index (χ3n) is 16.4. The van der Waals surface area contributed by atoms with Crippen molar-refractivity contribution in [2.45, 2.75) is 83.5 Å². The highest BCUT2D eigenvalue weighted by atomic mass is 15.1. The summed E-state index contributed by atoms with van der Waals surface area (Å²) < 4.78 is 0. The number of aryl methyl sites for hydroxylation is 2. The van der Waals surface area contributed by atoms with Crippen LogP contribution in [-0.2, 0) is 16.2 Å². The van der Waals surface area contributed by atoms with Gasteiger partial charge in [-0.3, -0.25) is 0 Å². The minimum absolute atomic E-state index is 0.105. The number of benzene rings is 7. The van der Waals surface area contributed by atoms with Gasteiger partial charge in [0, 0.05) is 27.9 Å². The van der Waals surface area contributed by atoms with E-state index in [4.69, 9.17) is 0 Å². The molecule has 13 rings (SSSR count). The smallest absolute Gasteiger partial charge is 0.0719 e. The molecule has 0 aromatic heterocycles. The number of fused-ring (bicyclic) bond motifs is 14. The Bertz CT molecular complexity index is 3240. The molecular weight excluding hydrogens is 771 g/mol. The summed E-state index contributed by atoms with van der Waals surface area (Å²) in [6.45, 7) is 14.3. The van der Waals surface area contributed by atoms with Gasteiger partial charge in [-0.05, 0) is 187 Å². The molecule has 0 N–H and O–H groups in total. The topological polar surface area (TPSA) is 3.24 Å². The van der Waals surface area contributed by atoms with Crippen molar-refractivity contribution in [3.05, 3.63) is 236 Å². The Labute approximate surface area is 378 Å². The van der Waals surface area contributed by atoms with Gasteiger partial charge in [0.15, 0.2) is 0 Å². The fourth-order valence-corrected chi connectivity index (χ4v) is 13.3. The molecule has 1 spiro atoms. The average Bonchev–Trinajstić information content (AvgIpc) is 3.95. The van der Waals surface area contributed by atoms with E-state index in [1.54, 1.807) is 0 Å². The average molecular weight is 824 g/mol. The normalized spacial score (nSPS) is 19.7. The van der Waals surface area contributed by atoms with Crippen molar-refractivity contribution in [1.82, 2.24) is 0 Å². The Balaban J connectivity index is 0.976. The van der Waals surface area contributed by atoms with Gasteiger partial charge in [0.05, 0.1) is 5.41 Å². The van der Waals surface area contributed by atoms with Crippen molar-refractivity contribution in [1.29, 1.82) is 0 Å². The Hall–Kier alpha value is -6.70. The van der Waals surface area contributed by atoms with Crippen molar-refractivity contribution in [2.24, 2.45) is 0 Å². The molecule has 6 aliphatic rings. The van der Waals surface area contributed by atoms with E-state index in [1.165, 1.54) is 128 Å². The van der Waals surface area contributed by atoms with Crippen LogP contribution in [0.15, 0.2) is 175 Å². The second-order valence-electron chi connectivity index (χ2n) is 20.3. The Morgan fingerprint density at radius 2 is 0.922 bits per heavy atom. The summed E-state index contributed by atoms with van der Waals surface area (Å²) in [4.78, 5) is 2.56. The first-order chi connectivity index (χ1) is 31.1. The molecule has 0 fully saturated rings. The molecule has 6 aliphatic carbocycles. The van der Waals surface area contributed by atoms with E-state index in [-0.39, 0.29) is 16.2 Å². The molecule has 0 radical (unpaired) electrons. The van der Waals surface area contributed by atoms with Crippen molar-refractivity contribution in [3.8, 4) is 22.3 Å². The molecule has 0 aliphatic heterocycles. The number of nitrogens with zero attached hydrogens (tertiary/aromatic N) is 1. The lowest BCUT2D eigenvalue weighted by Gasteiger charge is -2.35. The van der Waals surface area contributed by atoms with Crippen molar-refractivity contribution >= 4 is 33.8 Å². The molecule has 310 valence electrons. The van der Waals surface area contributed by atoms with Gasteiger partial charge >= 0.3 is 0 Å². The SMILES string of the molecule is Cc1cc(N(c2ccc3c(c2)C(C)(C)c2ccccc2-3)c2ccc3c(c2)C(C)(C)c2ccccc2-3)c(C)cc1C1=CC2=C(CC1)c1ccccc1C21C2=C(CCC=C2)c2ccccc21. The van der Waals surface area contributed by atoms with Gasteiger partial charge in [-0.1, -0.05) is 155 Å². The maximum atomic E-state index is 2.63. The fraction of sp³-hybridized carbons (Fsp3) is 0.206. The predicted molar refractivity (Wildman–Crippen MR) is 269 cm³/mol. The molecular formula is C63H53N. The highest BCUT2D eigenvalue weighted by Gasteiger charge is 2.53. The molecule has 64 heavy (non-hydrogen) atoms. The van der Waals surface area contributed by atoms with E-state index < -0.39 is 0 Å². The van der Waals surface area contributed by atoms with Crippen molar-refractivity contribution in [2.75, 3.05) is 4.90 Å². The summed E-state index contributed by atoms with van der Waals surface area (Å²) in [6.07, 6.45) is 11.8. The van der Waals surface area contributed by atoms with Crippen LogP contribution in [0.25, 0.3) is 39.0 Å². The third-order valence-corrected chi connectivity index (χ3v) is 16.4. The lowest BCUT2D eigenvalue weighted by molar-refractivity contribution is 0.660. The van der Waals surface area contributed by atoms with Crippen molar-refractivity contribution < 1.29 is 0 Å². The van der Waals surface area contributed by atoms with Crippen LogP contribution in [0, 0.1) is 13.8 Å². The van der Waals surface area contributed by atoms with Crippen LogP contribution in [-0.4, -0.2) is 0 Å². The maximum absolute atomic E-state index is 2.63. The number of anilines is 3. The monoisotopic (exact) mass is 823 g/mol. The van der Waals surface area contributed by atoms with Crippen LogP contribution in [0.5, 0.6) is 0 Å². The Morgan fingerprint density at radius 1 is 0.422 bits per heavy atom. The lowest BCUT2D eigenvalue weighted by Crippen LogP contribution is -2.28. The lowest BCUT2D eigenvalue weighted by atomic mass is 9.67. The second kappa shape index (κ2) is 13.2. The molecule has 1 atom stereocenters. The molecule has 7 aromatic carbocycles. The van der Waals surface area contributed by atoms with Crippen LogP contribution < -0.4 is 4.90 Å². The van der Waals surface area contributed by atoms with Crippen LogP contribution in [0.3, 0.4) is 0 Å². The summed E-state index contributed by atoms with van der Waals surface area (Å²) in [5.41, 5.74) is 31.4. The molecule has 1 nitrogen and oxygen atoms in total. The first kappa shape index (κ1) is 37.8. The second-order valence-corrected chi connectivity index (χ2v) is 20.3. The molecule has 0 heterocycles. The van der Waals surface area contributed by atoms with E-state index in [2.05, 4.69) is 210 Å². The van der Waals surface area contributed by atoms with Gasteiger partial charge in [0.2, 0.25) is 0 Å². The molecule has 7 aromatic rings. The minimum Gasteiger partial charge on any atom is -0.310 e. The molecule has 0 bridgehead atoms. The summed E-state index contributed by atoms with van der Waals surface area (Å²) in [5, 5.41) is 0. The van der Waals surface area contributed by atoms with Crippen LogP contribution in [0.1, 0.15) is 115 Å². The van der Waals surface area contributed by atoms with Crippen molar-refractivity contribution in [3.63, 3.8) is 0 Å². The highest BCUT2D eigenvalue weighted by Crippen LogP contribution is 2.65. The van der Waals surface area contributed by atoms with Gasteiger partial charge in [-0.15, -0.1) is 0 Å². The van der Waals surface area contributed by atoms with E-state index in [1.807, 2.05) is 0 Å². The molecule has 0 saturated carbocycles. The van der Waals surface area contributed by atoms with Gasteiger partial charge < -0.3 is 4.90 Å². The highest BCUT2D eigenvalue weighted by molar-refractivity contribution is 5.99. The van der Waals surface area contributed by atoms with Crippen LogP contribution in [0.2, 0.25) is 0 Å². The molecule has 1 unspecified atom stereocenters. The van der Waals surface area contributed by atoms with Crippen LogP contribution in [0.4, 0.5) is 17.1 Å². The fourth-order valence-electron chi connectivity index (χ4n) is 13.3. The van der Waals surface area contributed by atoms with E-state index in [0.29, 0.717) is 0 Å². The summed E-state index contributed by atoms with van der Waals surface area (Å²) >= 11 is 0. The zero-order valence-electron chi connectivity index (χ0n) is 37.9. The first-order valence-electron chi connectivity index (χ1n) is 23.5. The zero-order chi connectivity index (χ0) is 43.3. The van der Waals surface area contributed by atoms with Gasteiger partial charge in [-0.2, -0.15) is 0 Å². The van der Waals surface area contributed by atoms with Crippen LogP contribution >= 0.6 is 0 Å². The molecule has 0 amide bonds. The van der Waals surface area contributed by atoms with E-state index in [9.17, 15) is 0 Å². The number of allylic oxidation sites excluding steroid dienone is 8. The van der Waals surface area contributed by atoms with E-state index in [0.717, 1.165) is 25.7 Å². The standard InChI is InChI=1S/C63H53N/c1-38-34-60(39(2)33-51(38)40-27-30-50-47-21-11-16-26-56(47)63(59(50)35-40)54-24-14-9-19-45(54)46-20-10-15-25-55(46)63)64(41-28-31-48-43-17-7-12-22-52(43)61(3,4)57(48)36-41)42-29-32-49-44-18-8-13-23-53(44)62(5,6)58(49)37-42/h7-9,11-19,21-26,28-29,31-37H,10,20,27,30H2,1-6H3. The maximum Gasteiger partial charge on any atom is 0.0719 e. The number of rotatable bonds is 4. The van der Waals surface area contributed by atoms with E-state index >= 15 is 0 Å². The minimum atomic E-state index is -0.276. The first-order valence-corrected chi connectivity index (χ1v) is 23.5. The Morgan fingerprint density at radius 3 is 1.50 bits per heavy atom. The van der Waals surface area contributed by atoms with Gasteiger partial charge in [0.25, 0.3) is 0 Å². The summed E-state index contributed by atoms with van der Waals surface area (Å²) in [7, 11) is 0. The number of hydrogen-bond acceptors (Lipinski definition) is 1. The van der Waals surface area contributed by atoms with Gasteiger partial charge in [0.1, 0.15) is 0 Å².